The zero-order valence-electron chi connectivity index (χ0n) is 10.9. The van der Waals surface area contributed by atoms with E-state index in [1.807, 2.05) is 11.8 Å². The predicted molar refractivity (Wildman–Crippen MR) is 80.2 cm³/mol. The van der Waals surface area contributed by atoms with Gasteiger partial charge in [0.1, 0.15) is 0 Å². The first kappa shape index (κ1) is 15.8. The molecule has 0 unspecified atom stereocenters. The summed E-state index contributed by atoms with van der Waals surface area (Å²) in [6.45, 7) is 2.17. The molecule has 106 valence electrons. The number of carbonyl (C=O) groups excluding carboxylic acids is 1. The summed E-state index contributed by atoms with van der Waals surface area (Å²) in [4.78, 5) is 11.7. The highest BCUT2D eigenvalue weighted by Gasteiger charge is 2.11. The van der Waals surface area contributed by atoms with Gasteiger partial charge in [-0.1, -0.05) is 12.1 Å². The van der Waals surface area contributed by atoms with Crippen LogP contribution in [-0.2, 0) is 11.3 Å². The number of nitrogens with two attached hydrogens (primary N) is 1. The van der Waals surface area contributed by atoms with Crippen molar-refractivity contribution in [2.24, 2.45) is 5.73 Å². The highest BCUT2D eigenvalue weighted by molar-refractivity contribution is 7.99. The summed E-state index contributed by atoms with van der Waals surface area (Å²) in [5.41, 5.74) is 8.06. The molecule has 1 aromatic carbocycles. The van der Waals surface area contributed by atoms with Crippen LogP contribution in [-0.4, -0.2) is 42.8 Å². The summed E-state index contributed by atoms with van der Waals surface area (Å²) in [5, 5.41) is 10.2. The summed E-state index contributed by atoms with van der Waals surface area (Å²) in [6.07, 6.45) is 0.552. The number of amides is 1. The summed E-state index contributed by atoms with van der Waals surface area (Å²) in [7, 11) is 0. The molecule has 1 amide bonds. The second kappa shape index (κ2) is 9.66. The van der Waals surface area contributed by atoms with Crippen molar-refractivity contribution in [3.63, 3.8) is 0 Å². The van der Waals surface area contributed by atoms with Gasteiger partial charge in [0.25, 0.3) is 0 Å². The second-order valence-corrected chi connectivity index (χ2v) is 5.04. The Balaban J connectivity index is 0.000000258. The SMILES string of the molecule is NCc1ccc(N2CCSC2)cc1.O=CNCCO. The highest BCUT2D eigenvalue weighted by Crippen LogP contribution is 2.22. The van der Waals surface area contributed by atoms with Gasteiger partial charge in [0.05, 0.1) is 12.5 Å². The van der Waals surface area contributed by atoms with Crippen molar-refractivity contribution in [1.29, 1.82) is 0 Å². The van der Waals surface area contributed by atoms with Crippen molar-refractivity contribution in [2.45, 2.75) is 6.54 Å². The summed E-state index contributed by atoms with van der Waals surface area (Å²) in [6, 6.07) is 8.54. The molecular weight excluding hydrogens is 262 g/mol. The van der Waals surface area contributed by atoms with E-state index in [0.717, 1.165) is 5.88 Å². The van der Waals surface area contributed by atoms with Crippen molar-refractivity contribution in [2.75, 3.05) is 36.2 Å². The van der Waals surface area contributed by atoms with E-state index in [4.69, 9.17) is 10.8 Å². The molecule has 0 radical (unpaired) electrons. The minimum Gasteiger partial charge on any atom is -0.395 e. The van der Waals surface area contributed by atoms with Gasteiger partial charge in [-0.05, 0) is 17.7 Å². The molecule has 0 saturated carbocycles. The molecule has 1 heterocycles. The fourth-order valence-electron chi connectivity index (χ4n) is 1.58. The number of hydrogen-bond donors (Lipinski definition) is 3. The summed E-state index contributed by atoms with van der Waals surface area (Å²) < 4.78 is 0. The zero-order valence-corrected chi connectivity index (χ0v) is 11.7. The maximum Gasteiger partial charge on any atom is 0.207 e. The van der Waals surface area contributed by atoms with Crippen LogP contribution in [0.15, 0.2) is 24.3 Å². The largest absolute Gasteiger partial charge is 0.395 e. The average Bonchev–Trinajstić information content (AvgIpc) is 3.00. The van der Waals surface area contributed by atoms with Crippen LogP contribution in [0.2, 0.25) is 0 Å². The summed E-state index contributed by atoms with van der Waals surface area (Å²) >= 11 is 1.99. The molecule has 2 rings (SSSR count). The molecule has 0 aromatic heterocycles. The van der Waals surface area contributed by atoms with Gasteiger partial charge < -0.3 is 21.1 Å². The number of rotatable bonds is 5. The van der Waals surface area contributed by atoms with Gasteiger partial charge >= 0.3 is 0 Å². The third-order valence-corrected chi connectivity index (χ3v) is 3.59. The Morgan fingerprint density at radius 2 is 2.16 bits per heavy atom. The standard InChI is InChI=1S/C10H14N2S.C3H7NO2/c11-7-9-1-3-10(4-2-9)12-5-6-13-8-12;5-2-1-4-3-6/h1-4H,5-8,11H2;3,5H,1-2H2,(H,4,6). The van der Waals surface area contributed by atoms with Crippen molar-refractivity contribution < 1.29 is 9.90 Å². The number of aliphatic hydroxyl groups is 1. The van der Waals surface area contributed by atoms with Gasteiger partial charge in [-0.15, -0.1) is 11.8 Å². The van der Waals surface area contributed by atoms with Crippen molar-refractivity contribution in [3.05, 3.63) is 29.8 Å². The number of aliphatic hydroxyl groups excluding tert-OH is 1. The lowest BCUT2D eigenvalue weighted by molar-refractivity contribution is -0.109. The average molecular weight is 283 g/mol. The van der Waals surface area contributed by atoms with Crippen LogP contribution in [0.3, 0.4) is 0 Å². The van der Waals surface area contributed by atoms with Gasteiger partial charge in [0.15, 0.2) is 0 Å². The molecule has 1 aliphatic rings. The van der Waals surface area contributed by atoms with E-state index >= 15 is 0 Å². The molecular formula is C13H21N3O2S. The van der Waals surface area contributed by atoms with Crippen molar-refractivity contribution >= 4 is 23.9 Å². The number of nitrogens with one attached hydrogen (secondary N) is 1. The summed E-state index contributed by atoms with van der Waals surface area (Å²) in [5.74, 6) is 2.38. The maximum atomic E-state index is 9.34. The molecule has 1 aromatic rings. The Morgan fingerprint density at radius 3 is 2.58 bits per heavy atom. The Hall–Kier alpha value is -1.24. The van der Waals surface area contributed by atoms with E-state index in [-0.39, 0.29) is 6.61 Å². The van der Waals surface area contributed by atoms with E-state index in [1.54, 1.807) is 0 Å². The van der Waals surface area contributed by atoms with E-state index in [0.29, 0.717) is 19.5 Å². The first-order chi connectivity index (χ1) is 9.31. The monoisotopic (exact) mass is 283 g/mol. The third kappa shape index (κ3) is 5.96. The quantitative estimate of drug-likeness (QED) is 0.538. The number of nitrogens with zero attached hydrogens (tertiary/aromatic N) is 1. The van der Waals surface area contributed by atoms with Gasteiger partial charge in [0.2, 0.25) is 6.41 Å². The molecule has 0 aliphatic carbocycles. The number of thioether (sulfide) groups is 1. The predicted octanol–water partition coefficient (Wildman–Crippen LogP) is 0.381. The Labute approximate surface area is 118 Å². The van der Waals surface area contributed by atoms with Gasteiger partial charge in [-0.25, -0.2) is 0 Å². The molecule has 1 fully saturated rings. The zero-order chi connectivity index (χ0) is 13.9. The minimum atomic E-state index is 0.0126. The van der Waals surface area contributed by atoms with Crippen LogP contribution in [0, 0.1) is 0 Å². The first-order valence-electron chi connectivity index (χ1n) is 6.21. The van der Waals surface area contributed by atoms with E-state index < -0.39 is 0 Å². The number of benzene rings is 1. The van der Waals surface area contributed by atoms with Gasteiger partial charge in [0, 0.05) is 31.1 Å². The van der Waals surface area contributed by atoms with E-state index in [9.17, 15) is 4.79 Å². The van der Waals surface area contributed by atoms with Crippen LogP contribution in [0.25, 0.3) is 0 Å². The van der Waals surface area contributed by atoms with Crippen molar-refractivity contribution in [3.8, 4) is 0 Å². The van der Waals surface area contributed by atoms with Crippen LogP contribution >= 0.6 is 11.8 Å². The Bertz CT molecular complexity index is 353. The van der Waals surface area contributed by atoms with Crippen molar-refractivity contribution in [1.82, 2.24) is 5.32 Å². The van der Waals surface area contributed by atoms with Crippen LogP contribution in [0.4, 0.5) is 5.69 Å². The molecule has 1 aliphatic heterocycles. The first-order valence-corrected chi connectivity index (χ1v) is 7.37. The van der Waals surface area contributed by atoms with Crippen LogP contribution in [0.1, 0.15) is 5.56 Å². The molecule has 0 atom stereocenters. The molecule has 6 heteroatoms. The Kier molecular flexibility index (Phi) is 8.04. The molecule has 1 saturated heterocycles. The molecule has 19 heavy (non-hydrogen) atoms. The second-order valence-electron chi connectivity index (χ2n) is 3.97. The molecule has 0 spiro atoms. The molecule has 5 nitrogen and oxygen atoms in total. The topological polar surface area (TPSA) is 78.6 Å². The van der Waals surface area contributed by atoms with Gasteiger partial charge in [-0.3, -0.25) is 4.79 Å². The fraction of sp³-hybridized carbons (Fsp3) is 0.462. The fourth-order valence-corrected chi connectivity index (χ4v) is 2.56. The lowest BCUT2D eigenvalue weighted by Crippen LogP contribution is -2.17. The Morgan fingerprint density at radius 1 is 1.42 bits per heavy atom. The van der Waals surface area contributed by atoms with E-state index in [2.05, 4.69) is 34.5 Å². The number of carbonyl (C=O) groups is 1. The number of anilines is 1. The van der Waals surface area contributed by atoms with Crippen LogP contribution in [0.5, 0.6) is 0 Å². The highest BCUT2D eigenvalue weighted by atomic mass is 32.2. The third-order valence-electron chi connectivity index (χ3n) is 2.63. The van der Waals surface area contributed by atoms with Gasteiger partial charge in [-0.2, -0.15) is 0 Å². The smallest absolute Gasteiger partial charge is 0.207 e. The number of hydrogen-bond acceptors (Lipinski definition) is 5. The molecule has 4 N–H and O–H groups in total. The minimum absolute atomic E-state index is 0.0126. The lowest BCUT2D eigenvalue weighted by Gasteiger charge is -2.16. The van der Waals surface area contributed by atoms with E-state index in [1.165, 1.54) is 23.5 Å². The van der Waals surface area contributed by atoms with Crippen LogP contribution < -0.4 is 16.0 Å². The lowest BCUT2D eigenvalue weighted by atomic mass is 10.2. The molecule has 0 bridgehead atoms. The normalized spacial score (nSPS) is 13.7. The maximum absolute atomic E-state index is 9.34.